The van der Waals surface area contributed by atoms with E-state index in [1.165, 1.54) is 43.8 Å². The van der Waals surface area contributed by atoms with Gasteiger partial charge >= 0.3 is 0 Å². The number of rotatable bonds is 8. The molecule has 0 unspecified atom stereocenters. The first-order valence-corrected chi connectivity index (χ1v) is 17.0. The molecule has 1 saturated heterocycles. The number of piperidine rings is 1. The van der Waals surface area contributed by atoms with Crippen molar-refractivity contribution in [2.45, 2.75) is 44.6 Å². The molecule has 2 fully saturated rings. The van der Waals surface area contributed by atoms with Crippen molar-refractivity contribution >= 4 is 59.3 Å². The maximum absolute atomic E-state index is 6.64. The molecule has 0 amide bonds. The zero-order valence-electron chi connectivity index (χ0n) is 24.9. The zero-order chi connectivity index (χ0) is 29.1. The SMILES string of the molecule is COc1cc(N2CCC3(CCC(N(C)C)CC3)CC2)c(N)cc1Nc1ncc(Cl)c(Nc2ccccc2P(C)C)n1. The van der Waals surface area contributed by atoms with Gasteiger partial charge in [0.1, 0.15) is 10.8 Å². The van der Waals surface area contributed by atoms with E-state index in [9.17, 15) is 0 Å². The van der Waals surface area contributed by atoms with Gasteiger partial charge in [0.15, 0.2) is 5.82 Å². The van der Waals surface area contributed by atoms with Crippen LogP contribution in [0.1, 0.15) is 38.5 Å². The van der Waals surface area contributed by atoms with Gasteiger partial charge in [-0.25, -0.2) is 4.98 Å². The van der Waals surface area contributed by atoms with Crippen molar-refractivity contribution in [3.05, 3.63) is 47.6 Å². The van der Waals surface area contributed by atoms with Crippen LogP contribution in [-0.4, -0.2) is 68.5 Å². The molecule has 220 valence electrons. The smallest absolute Gasteiger partial charge is 0.229 e. The molecule has 8 nitrogen and oxygen atoms in total. The molecule has 0 bridgehead atoms. The van der Waals surface area contributed by atoms with Crippen LogP contribution >= 0.6 is 19.5 Å². The number of nitrogen functional groups attached to an aromatic ring is 1. The molecule has 5 rings (SSSR count). The Kier molecular flexibility index (Phi) is 9.12. The lowest BCUT2D eigenvalue weighted by Gasteiger charge is -2.47. The summed E-state index contributed by atoms with van der Waals surface area (Å²) in [5.74, 6) is 1.64. The Morgan fingerprint density at radius 3 is 2.41 bits per heavy atom. The number of methoxy groups -OCH3 is 1. The maximum atomic E-state index is 6.64. The van der Waals surface area contributed by atoms with E-state index in [4.69, 9.17) is 22.1 Å². The first kappa shape index (κ1) is 29.7. The second-order valence-electron chi connectivity index (χ2n) is 11.8. The van der Waals surface area contributed by atoms with Gasteiger partial charge < -0.3 is 30.9 Å². The van der Waals surface area contributed by atoms with E-state index in [0.717, 1.165) is 30.5 Å². The van der Waals surface area contributed by atoms with Gasteiger partial charge in [-0.1, -0.05) is 37.7 Å². The van der Waals surface area contributed by atoms with Crippen molar-refractivity contribution in [3.8, 4) is 5.75 Å². The maximum Gasteiger partial charge on any atom is 0.229 e. The fourth-order valence-electron chi connectivity index (χ4n) is 6.31. The number of benzene rings is 2. The molecule has 2 aromatic carbocycles. The van der Waals surface area contributed by atoms with Crippen LogP contribution in [0.5, 0.6) is 5.75 Å². The zero-order valence-corrected chi connectivity index (χ0v) is 26.5. The van der Waals surface area contributed by atoms with Crippen molar-refractivity contribution in [2.75, 3.05) is 68.9 Å². The molecule has 0 radical (unpaired) electrons. The van der Waals surface area contributed by atoms with Crippen LogP contribution in [0.25, 0.3) is 0 Å². The minimum atomic E-state index is -0.300. The topological polar surface area (TPSA) is 91.6 Å². The van der Waals surface area contributed by atoms with E-state index < -0.39 is 0 Å². The van der Waals surface area contributed by atoms with Gasteiger partial charge in [-0.15, -0.1) is 0 Å². The fourth-order valence-corrected chi connectivity index (χ4v) is 7.45. The summed E-state index contributed by atoms with van der Waals surface area (Å²) in [6, 6.07) is 12.9. The van der Waals surface area contributed by atoms with Gasteiger partial charge in [-0.05, 0) is 88.8 Å². The van der Waals surface area contributed by atoms with Crippen LogP contribution in [0.2, 0.25) is 5.02 Å². The Morgan fingerprint density at radius 2 is 1.76 bits per heavy atom. The molecule has 10 heteroatoms. The highest BCUT2D eigenvalue weighted by Gasteiger charge is 2.38. The summed E-state index contributed by atoms with van der Waals surface area (Å²) in [6.45, 7) is 6.48. The summed E-state index contributed by atoms with van der Waals surface area (Å²) in [5.41, 5.74) is 10.6. The molecular formula is C31H43ClN7OP. The van der Waals surface area contributed by atoms with Crippen molar-refractivity contribution in [1.82, 2.24) is 14.9 Å². The number of aromatic nitrogens is 2. The third-order valence-corrected chi connectivity index (χ3v) is 10.5. The quantitative estimate of drug-likeness (QED) is 0.197. The van der Waals surface area contributed by atoms with Gasteiger partial charge in [0.25, 0.3) is 0 Å². The van der Waals surface area contributed by atoms with Crippen LogP contribution in [0, 0.1) is 5.41 Å². The number of hydrogen-bond donors (Lipinski definition) is 3. The lowest BCUT2D eigenvalue weighted by molar-refractivity contribution is 0.0924. The summed E-state index contributed by atoms with van der Waals surface area (Å²) >= 11 is 6.48. The molecule has 2 aliphatic rings. The predicted octanol–water partition coefficient (Wildman–Crippen LogP) is 6.67. The minimum absolute atomic E-state index is 0.300. The van der Waals surface area contributed by atoms with Crippen molar-refractivity contribution in [2.24, 2.45) is 5.41 Å². The molecule has 1 aliphatic heterocycles. The number of nitrogens with zero attached hydrogens (tertiary/aromatic N) is 4. The summed E-state index contributed by atoms with van der Waals surface area (Å²) in [4.78, 5) is 13.9. The summed E-state index contributed by atoms with van der Waals surface area (Å²) in [7, 11) is 5.80. The van der Waals surface area contributed by atoms with Crippen molar-refractivity contribution in [3.63, 3.8) is 0 Å². The first-order valence-electron chi connectivity index (χ1n) is 14.4. The molecule has 1 aromatic heterocycles. The van der Waals surface area contributed by atoms with E-state index in [2.05, 4.69) is 70.0 Å². The van der Waals surface area contributed by atoms with Gasteiger partial charge in [-0.2, -0.15) is 4.98 Å². The third-order valence-electron chi connectivity index (χ3n) is 8.89. The summed E-state index contributed by atoms with van der Waals surface area (Å²) in [5, 5.41) is 8.40. The second kappa shape index (κ2) is 12.6. The molecule has 2 heterocycles. The van der Waals surface area contributed by atoms with E-state index in [1.807, 2.05) is 24.3 Å². The number of nitrogens with two attached hydrogens (primary N) is 1. The monoisotopic (exact) mass is 595 g/mol. The number of nitrogens with one attached hydrogen (secondary N) is 2. The Bertz CT molecular complexity index is 1350. The van der Waals surface area contributed by atoms with Crippen LogP contribution in [0.15, 0.2) is 42.6 Å². The van der Waals surface area contributed by atoms with Crippen molar-refractivity contribution < 1.29 is 4.74 Å². The Morgan fingerprint density at radius 1 is 1.05 bits per heavy atom. The summed E-state index contributed by atoms with van der Waals surface area (Å²) in [6.07, 6.45) is 9.29. The van der Waals surface area contributed by atoms with Crippen LogP contribution in [0.4, 0.5) is 34.5 Å². The van der Waals surface area contributed by atoms with Crippen LogP contribution in [0.3, 0.4) is 0 Å². The molecule has 4 N–H and O–H groups in total. The minimum Gasteiger partial charge on any atom is -0.494 e. The fraction of sp³-hybridized carbons (Fsp3) is 0.484. The van der Waals surface area contributed by atoms with E-state index in [-0.39, 0.29) is 7.92 Å². The van der Waals surface area contributed by atoms with Gasteiger partial charge in [-0.3, -0.25) is 0 Å². The Balaban J connectivity index is 1.30. The summed E-state index contributed by atoms with van der Waals surface area (Å²) < 4.78 is 5.80. The Labute approximate surface area is 250 Å². The average molecular weight is 596 g/mol. The number of hydrogen-bond acceptors (Lipinski definition) is 8. The lowest BCUT2D eigenvalue weighted by atomic mass is 9.66. The molecule has 1 spiro atoms. The van der Waals surface area contributed by atoms with Crippen LogP contribution in [-0.2, 0) is 0 Å². The van der Waals surface area contributed by atoms with Gasteiger partial charge in [0.2, 0.25) is 5.95 Å². The molecule has 1 saturated carbocycles. The normalized spacial score (nSPS) is 17.3. The number of ether oxygens (including phenoxy) is 1. The standard InChI is InChI=1S/C31H43ClN7OP/c1-38(2)21-10-12-31(13-11-21)14-16-39(17-15-31)26-19-27(40-3)25(18-23(26)33)36-30-34-20-22(32)29(37-30)35-24-8-6-7-9-28(24)41(4)5/h6-9,18-21H,10-17,33H2,1-5H3,(H2,34,35,36,37). The molecule has 41 heavy (non-hydrogen) atoms. The highest BCUT2D eigenvalue weighted by molar-refractivity contribution is 7.64. The van der Waals surface area contributed by atoms with Crippen LogP contribution < -0.4 is 31.3 Å². The van der Waals surface area contributed by atoms with Gasteiger partial charge in [0.05, 0.1) is 30.4 Å². The molecule has 1 aliphatic carbocycles. The third kappa shape index (κ3) is 6.66. The lowest BCUT2D eigenvalue weighted by Crippen LogP contribution is -2.44. The highest BCUT2D eigenvalue weighted by Crippen LogP contribution is 2.47. The number of halogens is 1. The van der Waals surface area contributed by atoms with Gasteiger partial charge in [0, 0.05) is 30.9 Å². The average Bonchev–Trinajstić information content (AvgIpc) is 2.96. The molecule has 3 aromatic rings. The molecule has 0 atom stereocenters. The predicted molar refractivity (Wildman–Crippen MR) is 176 cm³/mol. The highest BCUT2D eigenvalue weighted by atomic mass is 35.5. The molecular weight excluding hydrogens is 553 g/mol. The van der Waals surface area contributed by atoms with E-state index in [0.29, 0.717) is 39.3 Å². The largest absolute Gasteiger partial charge is 0.494 e. The second-order valence-corrected chi connectivity index (χ2v) is 14.5. The number of para-hydroxylation sites is 1. The van der Waals surface area contributed by atoms with E-state index in [1.54, 1.807) is 13.3 Å². The van der Waals surface area contributed by atoms with Crippen molar-refractivity contribution in [1.29, 1.82) is 0 Å². The number of anilines is 6. The van der Waals surface area contributed by atoms with E-state index >= 15 is 0 Å². The first-order chi connectivity index (χ1) is 19.7. The Hall–Kier alpha value is -2.80.